The zero-order valence-corrected chi connectivity index (χ0v) is 38.0. The third-order valence-electron chi connectivity index (χ3n) is 11.0. The van der Waals surface area contributed by atoms with Crippen LogP contribution in [0.4, 0.5) is 8.78 Å². The summed E-state index contributed by atoms with van der Waals surface area (Å²) in [6.45, 7) is 8.48. The van der Waals surface area contributed by atoms with E-state index in [1.807, 2.05) is 36.4 Å². The number of benzene rings is 5. The summed E-state index contributed by atoms with van der Waals surface area (Å²) < 4.78 is 80.2. The first kappa shape index (κ1) is 49.7. The van der Waals surface area contributed by atoms with Gasteiger partial charge in [-0.25, -0.2) is 18.4 Å². The van der Waals surface area contributed by atoms with Crippen molar-refractivity contribution in [1.82, 2.24) is 0 Å². The van der Waals surface area contributed by atoms with Gasteiger partial charge in [-0.05, 0) is 113 Å². The minimum Gasteiger partial charge on any atom is -0.493 e. The van der Waals surface area contributed by atoms with Gasteiger partial charge in [0.25, 0.3) is 0 Å². The summed E-state index contributed by atoms with van der Waals surface area (Å²) in [6, 6.07) is 23.9. The summed E-state index contributed by atoms with van der Waals surface area (Å²) in [5.74, 6) is -1.07. The number of nitrogens with one attached hydrogen (secondary N) is 1. The number of hydrogen-bond acceptors (Lipinski definition) is 12. The fourth-order valence-electron chi connectivity index (χ4n) is 7.06. The van der Waals surface area contributed by atoms with Crippen molar-refractivity contribution in [2.75, 3.05) is 46.8 Å². The summed E-state index contributed by atoms with van der Waals surface area (Å²) in [5.41, 5.74) is 2.03. The molecule has 0 atom stereocenters. The topological polar surface area (TPSA) is 141 Å². The highest BCUT2D eigenvalue weighted by molar-refractivity contribution is 5.89. The van der Waals surface area contributed by atoms with Gasteiger partial charge in [0.15, 0.2) is 28.9 Å². The molecule has 12 nitrogen and oxygen atoms in total. The lowest BCUT2D eigenvalue weighted by atomic mass is 9.99. The van der Waals surface area contributed by atoms with Gasteiger partial charge in [-0.1, -0.05) is 57.0 Å². The third-order valence-corrected chi connectivity index (χ3v) is 11.0. The van der Waals surface area contributed by atoms with E-state index in [4.69, 9.17) is 48.0 Å². The first-order valence-corrected chi connectivity index (χ1v) is 22.4. The predicted octanol–water partition coefficient (Wildman–Crippen LogP) is 10.9. The maximum Gasteiger partial charge on any atom is 0.336 e. The van der Waals surface area contributed by atoms with Gasteiger partial charge < -0.3 is 48.0 Å². The zero-order valence-electron chi connectivity index (χ0n) is 38.0. The summed E-state index contributed by atoms with van der Waals surface area (Å²) in [5, 5.41) is 9.90. The predicted molar refractivity (Wildman–Crippen MR) is 251 cm³/mol. The molecule has 0 bridgehead atoms. The zero-order chi connectivity index (χ0) is 47.4. The third kappa shape index (κ3) is 14.9. The molecule has 1 aliphatic rings. The molecular formula is C53H57F2NO11. The minimum atomic E-state index is -0.827. The van der Waals surface area contributed by atoms with Gasteiger partial charge in [-0.15, -0.1) is 0 Å². The van der Waals surface area contributed by atoms with Gasteiger partial charge in [-0.3, -0.25) is 0 Å². The van der Waals surface area contributed by atoms with E-state index in [2.05, 4.69) is 13.5 Å². The molecule has 6 rings (SSSR count). The normalized spacial score (nSPS) is 12.8. The largest absolute Gasteiger partial charge is 0.493 e. The van der Waals surface area contributed by atoms with E-state index >= 15 is 0 Å². The molecular weight excluding hydrogens is 865 g/mol. The summed E-state index contributed by atoms with van der Waals surface area (Å²) in [4.78, 5) is 24.0. The van der Waals surface area contributed by atoms with Gasteiger partial charge in [-0.2, -0.15) is 0 Å². The first-order valence-electron chi connectivity index (χ1n) is 22.4. The number of methoxy groups -OCH3 is 1. The van der Waals surface area contributed by atoms with Crippen molar-refractivity contribution >= 4 is 35.0 Å². The number of carbonyl (C=O) groups is 2. The monoisotopic (exact) mass is 921 g/mol. The number of carbonyl (C=O) groups excluding carboxylic acids is 2. The van der Waals surface area contributed by atoms with Crippen molar-refractivity contribution in [3.8, 4) is 34.5 Å². The Hall–Kier alpha value is -6.77. The molecule has 0 aromatic heterocycles. The molecule has 14 heteroatoms. The van der Waals surface area contributed by atoms with Gasteiger partial charge in [0.2, 0.25) is 0 Å². The molecule has 354 valence electrons. The average molecular weight is 922 g/mol. The van der Waals surface area contributed by atoms with Crippen LogP contribution in [0.5, 0.6) is 34.5 Å². The molecule has 0 amide bonds. The maximum atomic E-state index is 14.9. The Labute approximate surface area is 389 Å². The lowest BCUT2D eigenvalue weighted by Crippen LogP contribution is -2.51. The van der Waals surface area contributed by atoms with Crippen LogP contribution in [0, 0.1) is 17.0 Å². The van der Waals surface area contributed by atoms with Crippen LogP contribution in [0.2, 0.25) is 0 Å². The Morgan fingerprint density at radius 1 is 0.701 bits per heavy atom. The molecule has 1 heterocycles. The SMILES string of the molecule is C=CC(=O)OCCCOc1ccc2cc(COc3ccc(/C=C/C(=O)Oc4ccc(OCc5cc(F)c(OCCCCCCCOC6(CC)COC6)c(F)c5)c(C=N)c4)cc3OC)ccc2c1. The van der Waals surface area contributed by atoms with Gasteiger partial charge in [0.05, 0.1) is 40.1 Å². The van der Waals surface area contributed by atoms with E-state index < -0.39 is 29.3 Å². The number of unbranched alkanes of at least 4 members (excludes halogenated alkanes) is 4. The van der Waals surface area contributed by atoms with Crippen molar-refractivity contribution in [3.05, 3.63) is 138 Å². The first-order chi connectivity index (χ1) is 32.6. The van der Waals surface area contributed by atoms with Crippen LogP contribution in [-0.4, -0.2) is 70.5 Å². The summed E-state index contributed by atoms with van der Waals surface area (Å²) >= 11 is 0. The summed E-state index contributed by atoms with van der Waals surface area (Å²) in [6.07, 6.45) is 11.0. The molecule has 0 spiro atoms. The van der Waals surface area contributed by atoms with Crippen molar-refractivity contribution in [2.24, 2.45) is 0 Å². The van der Waals surface area contributed by atoms with Crippen LogP contribution in [0.15, 0.2) is 104 Å². The molecule has 5 aromatic rings. The molecule has 1 saturated heterocycles. The molecule has 0 saturated carbocycles. The molecule has 0 radical (unpaired) electrons. The minimum absolute atomic E-state index is 0.105. The van der Waals surface area contributed by atoms with Gasteiger partial charge in [0, 0.05) is 37.0 Å². The van der Waals surface area contributed by atoms with E-state index in [0.717, 1.165) is 72.9 Å². The second-order valence-corrected chi connectivity index (χ2v) is 15.9. The second-order valence-electron chi connectivity index (χ2n) is 15.9. The second kappa shape index (κ2) is 25.2. The molecule has 1 aliphatic heterocycles. The smallest absolute Gasteiger partial charge is 0.336 e. The highest BCUT2D eigenvalue weighted by Crippen LogP contribution is 2.32. The van der Waals surface area contributed by atoms with Crippen LogP contribution < -0.4 is 28.4 Å². The Morgan fingerprint density at radius 3 is 2.12 bits per heavy atom. The number of halogens is 2. The van der Waals surface area contributed by atoms with Crippen molar-refractivity contribution in [2.45, 2.75) is 70.7 Å². The number of rotatable bonds is 28. The van der Waals surface area contributed by atoms with Gasteiger partial charge >= 0.3 is 11.9 Å². The van der Waals surface area contributed by atoms with E-state index in [9.17, 15) is 18.4 Å². The van der Waals surface area contributed by atoms with Crippen molar-refractivity contribution in [3.63, 3.8) is 0 Å². The van der Waals surface area contributed by atoms with E-state index in [0.29, 0.717) is 67.6 Å². The fourth-order valence-corrected chi connectivity index (χ4v) is 7.06. The van der Waals surface area contributed by atoms with Crippen LogP contribution in [0.3, 0.4) is 0 Å². The average Bonchev–Trinajstić information content (AvgIpc) is 3.32. The lowest BCUT2D eigenvalue weighted by Gasteiger charge is -2.40. The lowest BCUT2D eigenvalue weighted by molar-refractivity contribution is -0.211. The van der Waals surface area contributed by atoms with E-state index in [1.165, 1.54) is 31.4 Å². The Bertz CT molecular complexity index is 2470. The van der Waals surface area contributed by atoms with Crippen molar-refractivity contribution < 1.29 is 61.0 Å². The van der Waals surface area contributed by atoms with Gasteiger partial charge in [0.1, 0.15) is 36.1 Å². The Morgan fingerprint density at radius 2 is 1.39 bits per heavy atom. The molecule has 0 aliphatic carbocycles. The molecule has 0 unspecified atom stereocenters. The highest BCUT2D eigenvalue weighted by Gasteiger charge is 2.37. The number of hydrogen-bond donors (Lipinski definition) is 1. The maximum absolute atomic E-state index is 14.9. The standard InChI is InChI=1S/C53H57F2NO11/c1-4-50(57)62-24-11-23-61-43-17-16-40-26-38(12-15-41(40)30-43)33-65-48-19-13-37(29-49(48)59-3)14-21-51(58)67-44-18-20-47(42(31-44)32-56)64-34-39-27-45(54)52(46(55)28-39)63-22-9-7-6-8-10-25-66-53(5-2)35-60-36-53/h4,12-21,26-32,56H,1,5-11,22-25,33-36H2,2-3H3/b21-14+,56-32?. The quantitative estimate of drug-likeness (QED) is 0.0168. The fraction of sp³-hybridized carbons (Fsp3) is 0.340. The summed E-state index contributed by atoms with van der Waals surface area (Å²) in [7, 11) is 1.53. The molecule has 67 heavy (non-hydrogen) atoms. The van der Waals surface area contributed by atoms with E-state index in [1.54, 1.807) is 24.3 Å². The van der Waals surface area contributed by atoms with Crippen molar-refractivity contribution in [1.29, 1.82) is 5.41 Å². The Balaban J connectivity index is 0.921. The van der Waals surface area contributed by atoms with Crippen LogP contribution >= 0.6 is 0 Å². The van der Waals surface area contributed by atoms with E-state index in [-0.39, 0.29) is 49.1 Å². The van der Waals surface area contributed by atoms with Crippen LogP contribution in [-0.2, 0) is 37.0 Å². The number of esters is 2. The van der Waals surface area contributed by atoms with Crippen LogP contribution in [0.1, 0.15) is 74.1 Å². The number of ether oxygens (including phenoxy) is 9. The number of fused-ring (bicyclic) bond motifs is 1. The molecule has 1 N–H and O–H groups in total. The molecule has 5 aromatic carbocycles. The molecule has 1 fully saturated rings. The van der Waals surface area contributed by atoms with Crippen LogP contribution in [0.25, 0.3) is 16.8 Å². The Kier molecular flexibility index (Phi) is 18.7. The highest BCUT2D eigenvalue weighted by atomic mass is 19.1.